The Morgan fingerprint density at radius 2 is 1.08 bits per heavy atom. The highest BCUT2D eigenvalue weighted by Crippen LogP contribution is 2.38. The average Bonchev–Trinajstić information content (AvgIpc) is 1.48. The Hall–Kier alpha value is -9.95. The van der Waals surface area contributed by atoms with Crippen molar-refractivity contribution in [1.29, 1.82) is 0 Å². The molecule has 2 aromatic carbocycles. The van der Waals surface area contributed by atoms with Gasteiger partial charge in [0.2, 0.25) is 52.7 Å². The normalized spacial score (nSPS) is 24.4. The summed E-state index contributed by atoms with van der Waals surface area (Å²) in [5.41, 5.74) is 1.86. The number of alkyl halides is 3. The van der Waals surface area contributed by atoms with E-state index >= 15 is 19.2 Å². The summed E-state index contributed by atoms with van der Waals surface area (Å²) in [4.78, 5) is 202. The van der Waals surface area contributed by atoms with Crippen LogP contribution in [0, 0.1) is 37.5 Å². The second-order valence-electron chi connectivity index (χ2n) is 28.3. The van der Waals surface area contributed by atoms with Gasteiger partial charge in [0.25, 0.3) is 11.8 Å². The molecule has 4 saturated heterocycles. The summed E-state index contributed by atoms with van der Waals surface area (Å²) in [5.74, 6) is -13.6. The molecule has 33 heteroatoms. The molecule has 0 spiro atoms. The van der Waals surface area contributed by atoms with Crippen molar-refractivity contribution in [3.63, 3.8) is 0 Å². The highest BCUT2D eigenvalue weighted by atomic mass is 19.4. The number of anilines is 2. The number of hydrogen-bond acceptors (Lipinski definition) is 19. The van der Waals surface area contributed by atoms with Crippen LogP contribution < -0.4 is 37.7 Å². The smallest absolute Gasteiger partial charge is 0.416 e. The molecule has 30 nitrogen and oxygen atoms in total. The van der Waals surface area contributed by atoms with Crippen LogP contribution in [0.2, 0.25) is 0 Å². The molecule has 1 aliphatic carbocycles. The molecule has 8 rings (SSSR count). The van der Waals surface area contributed by atoms with Crippen LogP contribution in [0.5, 0.6) is 0 Å². The summed E-state index contributed by atoms with van der Waals surface area (Å²) in [6.45, 7) is 17.4. The molecule has 0 saturated carbocycles. The van der Waals surface area contributed by atoms with Gasteiger partial charge in [-0.25, -0.2) is 14.6 Å². The average molecular weight is 1450 g/mol. The molecule has 0 bridgehead atoms. The molecule has 10 amide bonds. The van der Waals surface area contributed by atoms with E-state index in [1.54, 1.807) is 55.4 Å². The predicted molar refractivity (Wildman–Crippen MR) is 368 cm³/mol. The molecular weight excluding hydrogens is 1350 g/mol. The number of amides is 10. The standard InChI is InChI=1S/C70H92F3N13O16.H2O/c1-31(2)49-66(96)85-25-17-19-43(85)64(94)81(13)29-45(87)83(15)55(33(5)6)68(98)100-37(11)51(62(92)77-49)79-60(90)41-27-42(75-28-39-21-23-40(24-22-39)70(71,72)73)35(9)58-53(41)76-54-47(48(74)57(89)36(10)59(54)102-58)61(91)80-52-38(12)101-69(99)56(34(7)8)84(16)46(88)30-82(14)65(95)44-20-18-26-86(44)67(97)50(32(3)4)78-63(52)93;/h21-24,27,31-34,37-38,43-44,49-52,55-56,75H,17-20,25-26,28-30,74H2,1-16H3,(H,77,92)(H,78,93)(H,79,90)(H,80,91);1H2/t37-,38-,43+,44+,49-,50-,51+,52+,55+,56+;/m1./s1. The number of likely N-dealkylation sites (N-methyl/N-ethyl adjacent to an activating group) is 4. The number of fused-ring (bicyclic) bond motifs is 4. The number of carbonyl (C=O) groups excluding carboxylic acids is 12. The van der Waals surface area contributed by atoms with E-state index in [2.05, 4.69) is 26.6 Å². The Morgan fingerprint density at radius 3 is 1.50 bits per heavy atom. The number of cyclic esters (lactones) is 2. The maximum Gasteiger partial charge on any atom is 0.416 e. The summed E-state index contributed by atoms with van der Waals surface area (Å²) < 4.78 is 59.7. The molecule has 2 aromatic rings. The van der Waals surface area contributed by atoms with Crippen molar-refractivity contribution in [2.24, 2.45) is 23.7 Å². The molecule has 0 unspecified atom stereocenters. The molecule has 562 valence electrons. The van der Waals surface area contributed by atoms with Gasteiger partial charge in [-0.2, -0.15) is 13.2 Å². The number of nitrogens with one attached hydrogen (secondary N) is 5. The number of aromatic nitrogens is 1. The fraction of sp³-hybridized carbons (Fsp3) is 0.571. The summed E-state index contributed by atoms with van der Waals surface area (Å²) >= 11 is 0. The van der Waals surface area contributed by atoms with E-state index in [9.17, 15) is 56.3 Å². The van der Waals surface area contributed by atoms with E-state index in [4.69, 9.17) is 24.6 Å². The van der Waals surface area contributed by atoms with Crippen LogP contribution in [0.15, 0.2) is 39.5 Å². The Balaban J connectivity index is 0.0000149. The zero-order chi connectivity index (χ0) is 75.7. The van der Waals surface area contributed by atoms with E-state index in [1.807, 2.05) is 0 Å². The van der Waals surface area contributed by atoms with Crippen LogP contribution >= 0.6 is 0 Å². The first-order valence-corrected chi connectivity index (χ1v) is 34.0. The first-order chi connectivity index (χ1) is 47.7. The minimum Gasteiger partial charge on any atom is -0.458 e. The second-order valence-corrected chi connectivity index (χ2v) is 28.3. The summed E-state index contributed by atoms with van der Waals surface area (Å²) in [7, 11) is 5.47. The van der Waals surface area contributed by atoms with Gasteiger partial charge in [0.15, 0.2) is 11.3 Å². The Bertz CT molecular complexity index is 4010. The van der Waals surface area contributed by atoms with Crippen LogP contribution in [0.25, 0.3) is 22.6 Å². The van der Waals surface area contributed by atoms with E-state index in [1.165, 1.54) is 93.7 Å². The molecule has 5 heterocycles. The first kappa shape index (κ1) is 80.4. The molecule has 6 aliphatic rings. The molecular formula is C70H94F3N13O17. The SMILES string of the molecule is Cc1c2oc3c(C)c(NCc4ccc(C(F)(F)F)cc4)cc(C(=O)N[C@@H]4C(=O)N[C@H](C(C)C)C(=O)N5CCC[C@H]5C(=O)N(C)CC(=O)N(C)[C@@H](C(C)C)C(=O)O[C@@H]4C)c3nc-2c(C(=O)N[C@@H]2C(=O)N[C@H](C(C)C)C(=O)N3CCC[C@H]3C(=O)N(C)CC(=O)N(C)[C@@H](C(C)C)C(=O)O[C@@H]2C)c(N)c1=O.O. The number of halogens is 3. The van der Waals surface area contributed by atoms with Gasteiger partial charge in [-0.1, -0.05) is 67.5 Å². The number of nitrogens with two attached hydrogens (primary N) is 1. The summed E-state index contributed by atoms with van der Waals surface area (Å²) in [5, 5.41) is 13.7. The van der Waals surface area contributed by atoms with E-state index in [0.717, 1.165) is 21.9 Å². The van der Waals surface area contributed by atoms with Gasteiger partial charge in [0.05, 0.1) is 35.5 Å². The van der Waals surface area contributed by atoms with Crippen LogP contribution in [0.3, 0.4) is 0 Å². The largest absolute Gasteiger partial charge is 0.458 e. The molecule has 5 aliphatic heterocycles. The first-order valence-electron chi connectivity index (χ1n) is 34.0. The van der Waals surface area contributed by atoms with Crippen molar-refractivity contribution in [1.82, 2.24) is 55.7 Å². The second kappa shape index (κ2) is 32.2. The van der Waals surface area contributed by atoms with Crippen LogP contribution in [0.1, 0.15) is 138 Å². The van der Waals surface area contributed by atoms with Crippen molar-refractivity contribution < 1.29 is 90.1 Å². The lowest BCUT2D eigenvalue weighted by molar-refractivity contribution is -0.163. The van der Waals surface area contributed by atoms with E-state index in [0.29, 0.717) is 18.4 Å². The molecule has 4 fully saturated rings. The number of benzene rings is 3. The molecule has 0 aromatic heterocycles. The van der Waals surface area contributed by atoms with Crippen LogP contribution in [-0.4, -0.2) is 226 Å². The summed E-state index contributed by atoms with van der Waals surface area (Å²) in [6, 6.07) is -5.94. The molecule has 103 heavy (non-hydrogen) atoms. The zero-order valence-electron chi connectivity index (χ0n) is 60.7. The monoisotopic (exact) mass is 1450 g/mol. The third-order valence-corrected chi connectivity index (χ3v) is 19.5. The number of nitrogen functional groups attached to an aromatic ring is 1. The number of rotatable bonds is 11. The van der Waals surface area contributed by atoms with Crippen molar-refractivity contribution in [3.8, 4) is 11.5 Å². The van der Waals surface area contributed by atoms with Gasteiger partial charge in [0, 0.05) is 64.6 Å². The van der Waals surface area contributed by atoms with Crippen LogP contribution in [0.4, 0.5) is 24.5 Å². The fourth-order valence-corrected chi connectivity index (χ4v) is 13.5. The minimum absolute atomic E-state index is 0. The Labute approximate surface area is 593 Å². The van der Waals surface area contributed by atoms with Crippen LogP contribution in [-0.2, 0) is 70.1 Å². The van der Waals surface area contributed by atoms with Crippen molar-refractivity contribution in [2.45, 2.75) is 182 Å². The lowest BCUT2D eigenvalue weighted by Crippen LogP contribution is -2.61. The van der Waals surface area contributed by atoms with E-state index < -0.39 is 219 Å². The maximum atomic E-state index is 15.7. The summed E-state index contributed by atoms with van der Waals surface area (Å²) in [6.07, 6.45) is -6.70. The van der Waals surface area contributed by atoms with Gasteiger partial charge in [-0.3, -0.25) is 52.7 Å². The topological polar surface area (TPSA) is 404 Å². The third-order valence-electron chi connectivity index (χ3n) is 19.5. The van der Waals surface area contributed by atoms with Crippen molar-refractivity contribution in [2.75, 3.05) is 65.4 Å². The van der Waals surface area contributed by atoms with Gasteiger partial charge < -0.3 is 81.1 Å². The van der Waals surface area contributed by atoms with Gasteiger partial charge in [-0.05, 0) is 101 Å². The minimum atomic E-state index is -4.67. The van der Waals surface area contributed by atoms with Gasteiger partial charge >= 0.3 is 18.1 Å². The number of ether oxygens (including phenoxy) is 2. The quantitative estimate of drug-likeness (QED) is 0.0714. The number of aryl methyl sites for hydroxylation is 1. The number of hydrogen-bond donors (Lipinski definition) is 6. The Kier molecular flexibility index (Phi) is 25.1. The maximum absolute atomic E-state index is 15.7. The van der Waals surface area contributed by atoms with Gasteiger partial charge in [-0.15, -0.1) is 0 Å². The highest BCUT2D eigenvalue weighted by Gasteiger charge is 2.47. The molecule has 0 radical (unpaired) electrons. The molecule has 9 N–H and O–H groups in total. The lowest BCUT2D eigenvalue weighted by Gasteiger charge is -2.36. The fourth-order valence-electron chi connectivity index (χ4n) is 13.5. The van der Waals surface area contributed by atoms with Crippen molar-refractivity contribution in [3.05, 3.63) is 73.9 Å². The number of esters is 2. The Morgan fingerprint density at radius 1 is 0.641 bits per heavy atom. The number of carbonyl (C=O) groups is 12. The highest BCUT2D eigenvalue weighted by molar-refractivity contribution is 6.11. The third kappa shape index (κ3) is 16.8. The number of nitrogens with zero attached hydrogens (tertiary/aromatic N) is 7. The zero-order valence-corrected chi connectivity index (χ0v) is 60.7. The lowest BCUT2D eigenvalue weighted by atomic mass is 9.98. The predicted octanol–water partition coefficient (Wildman–Crippen LogP) is 2.53. The van der Waals surface area contributed by atoms with E-state index in [-0.39, 0.29) is 60.3 Å². The molecule has 10 atom stereocenters. The van der Waals surface area contributed by atoms with Gasteiger partial charge in [0.1, 0.15) is 71.8 Å². The van der Waals surface area contributed by atoms with Crippen molar-refractivity contribution >= 4 is 93.5 Å².